The van der Waals surface area contributed by atoms with Crippen LogP contribution in [-0.4, -0.2) is 44.9 Å². The molecule has 0 aliphatic rings. The third-order valence-corrected chi connectivity index (χ3v) is 3.11. The molecule has 0 aliphatic carbocycles. The van der Waals surface area contributed by atoms with Crippen LogP contribution in [0.25, 0.3) is 0 Å². The van der Waals surface area contributed by atoms with Gasteiger partial charge in [0, 0.05) is 13.7 Å². The Bertz CT molecular complexity index is 590. The number of carbonyl (C=O) groups is 2. The number of ether oxygens (including phenoxy) is 2. The van der Waals surface area contributed by atoms with Gasteiger partial charge in [-0.25, -0.2) is 5.43 Å². The molecule has 23 heavy (non-hydrogen) atoms. The lowest BCUT2D eigenvalue weighted by molar-refractivity contribution is -0.139. The summed E-state index contributed by atoms with van der Waals surface area (Å²) in [6.45, 7) is 4.56. The van der Waals surface area contributed by atoms with Crippen molar-refractivity contribution >= 4 is 34.0 Å². The van der Waals surface area contributed by atoms with Crippen molar-refractivity contribution in [3.63, 3.8) is 0 Å². The molecule has 124 valence electrons. The second-order valence-corrected chi connectivity index (χ2v) is 5.09. The number of rotatable bonds is 8. The molecule has 2 amide bonds. The van der Waals surface area contributed by atoms with E-state index in [1.54, 1.807) is 24.3 Å². The fraction of sp³-hybridized carbons (Fsp3) is 0.267. The quantitative estimate of drug-likeness (QED) is 0.232. The van der Waals surface area contributed by atoms with Gasteiger partial charge in [0.05, 0.1) is 17.3 Å². The molecule has 0 fully saturated rings. The van der Waals surface area contributed by atoms with Gasteiger partial charge in [0.1, 0.15) is 12.4 Å². The zero-order valence-corrected chi connectivity index (χ0v) is 14.3. The molecule has 0 saturated heterocycles. The Morgan fingerprint density at radius 2 is 2.17 bits per heavy atom. The maximum Gasteiger partial charge on any atom is 0.329 e. The van der Waals surface area contributed by atoms with Gasteiger partial charge in [0.2, 0.25) is 0 Å². The number of methoxy groups -OCH3 is 1. The summed E-state index contributed by atoms with van der Waals surface area (Å²) < 4.78 is 10.9. The number of carbonyl (C=O) groups excluding carboxylic acids is 2. The normalized spacial score (nSPS) is 10.3. The van der Waals surface area contributed by atoms with E-state index in [-0.39, 0.29) is 6.54 Å². The SMILES string of the molecule is C=CCOc1ccc(/C=N\NC(=O)C(=O)NCCOC)cc1Br. The maximum absolute atomic E-state index is 11.5. The number of nitrogens with one attached hydrogen (secondary N) is 2. The molecule has 0 unspecified atom stereocenters. The highest BCUT2D eigenvalue weighted by molar-refractivity contribution is 9.10. The lowest BCUT2D eigenvalue weighted by Gasteiger charge is -2.06. The van der Waals surface area contributed by atoms with Crippen LogP contribution in [0, 0.1) is 0 Å². The Balaban J connectivity index is 2.51. The van der Waals surface area contributed by atoms with Gasteiger partial charge >= 0.3 is 11.8 Å². The monoisotopic (exact) mass is 383 g/mol. The molecular weight excluding hydrogens is 366 g/mol. The summed E-state index contributed by atoms with van der Waals surface area (Å²) in [5.74, 6) is -0.945. The predicted octanol–water partition coefficient (Wildman–Crippen LogP) is 1.23. The first kappa shape index (κ1) is 18.9. The topological polar surface area (TPSA) is 89.0 Å². The molecule has 0 heterocycles. The standard InChI is InChI=1S/C15H18BrN3O4/c1-3-7-23-13-5-4-11(9-12(13)16)10-18-19-15(21)14(20)17-6-8-22-2/h3-5,9-10H,1,6-8H2,2H3,(H,17,20)(H,19,21)/b18-10-. The number of nitrogens with zero attached hydrogens (tertiary/aromatic N) is 1. The number of hydrogen-bond donors (Lipinski definition) is 2. The summed E-state index contributed by atoms with van der Waals surface area (Å²) in [6, 6.07) is 5.29. The van der Waals surface area contributed by atoms with Gasteiger partial charge in [-0.15, -0.1) is 0 Å². The fourth-order valence-electron chi connectivity index (χ4n) is 1.43. The van der Waals surface area contributed by atoms with Crippen LogP contribution in [-0.2, 0) is 14.3 Å². The minimum atomic E-state index is -0.845. The van der Waals surface area contributed by atoms with Crippen molar-refractivity contribution in [2.24, 2.45) is 5.10 Å². The highest BCUT2D eigenvalue weighted by atomic mass is 79.9. The zero-order valence-electron chi connectivity index (χ0n) is 12.7. The average Bonchev–Trinajstić information content (AvgIpc) is 2.54. The van der Waals surface area contributed by atoms with Gasteiger partial charge in [-0.3, -0.25) is 9.59 Å². The molecule has 0 saturated carbocycles. The number of amides is 2. The molecule has 0 atom stereocenters. The van der Waals surface area contributed by atoms with E-state index in [1.807, 2.05) is 0 Å². The van der Waals surface area contributed by atoms with Crippen molar-refractivity contribution < 1.29 is 19.1 Å². The maximum atomic E-state index is 11.5. The molecule has 1 aromatic rings. The van der Waals surface area contributed by atoms with E-state index in [1.165, 1.54) is 13.3 Å². The first-order valence-corrected chi connectivity index (χ1v) is 7.51. The van der Waals surface area contributed by atoms with Crippen molar-refractivity contribution in [2.45, 2.75) is 0 Å². The van der Waals surface area contributed by atoms with Gasteiger partial charge in [-0.1, -0.05) is 12.7 Å². The molecule has 0 aromatic heterocycles. The molecule has 0 bridgehead atoms. The smallest absolute Gasteiger partial charge is 0.329 e. The number of hydrazone groups is 1. The van der Waals surface area contributed by atoms with E-state index >= 15 is 0 Å². The zero-order chi connectivity index (χ0) is 17.1. The third kappa shape index (κ3) is 7.07. The highest BCUT2D eigenvalue weighted by Gasteiger charge is 2.11. The lowest BCUT2D eigenvalue weighted by Crippen LogP contribution is -2.39. The van der Waals surface area contributed by atoms with Gasteiger partial charge < -0.3 is 14.8 Å². The van der Waals surface area contributed by atoms with E-state index < -0.39 is 11.8 Å². The summed E-state index contributed by atoms with van der Waals surface area (Å²) in [6.07, 6.45) is 3.07. The van der Waals surface area contributed by atoms with Gasteiger partial charge in [-0.2, -0.15) is 5.10 Å². The van der Waals surface area contributed by atoms with Crippen LogP contribution in [0.1, 0.15) is 5.56 Å². The van der Waals surface area contributed by atoms with Crippen molar-refractivity contribution in [3.8, 4) is 5.75 Å². The van der Waals surface area contributed by atoms with E-state index in [0.717, 1.165) is 10.0 Å². The lowest BCUT2D eigenvalue weighted by atomic mass is 10.2. The Labute approximate surface area is 142 Å². The number of benzene rings is 1. The molecule has 1 rings (SSSR count). The van der Waals surface area contributed by atoms with Crippen molar-refractivity contribution in [3.05, 3.63) is 40.9 Å². The summed E-state index contributed by atoms with van der Waals surface area (Å²) in [7, 11) is 1.50. The molecule has 0 radical (unpaired) electrons. The summed E-state index contributed by atoms with van der Waals surface area (Å²) in [4.78, 5) is 22.8. The van der Waals surface area contributed by atoms with Crippen molar-refractivity contribution in [1.29, 1.82) is 0 Å². The van der Waals surface area contributed by atoms with Crippen molar-refractivity contribution in [2.75, 3.05) is 26.9 Å². The summed E-state index contributed by atoms with van der Waals surface area (Å²) in [5, 5.41) is 6.12. The Hall–Kier alpha value is -2.19. The van der Waals surface area contributed by atoms with Crippen LogP contribution in [0.3, 0.4) is 0 Å². The Morgan fingerprint density at radius 3 is 2.83 bits per heavy atom. The van der Waals surface area contributed by atoms with Gasteiger partial charge in [0.25, 0.3) is 0 Å². The van der Waals surface area contributed by atoms with Crippen LogP contribution in [0.4, 0.5) is 0 Å². The first-order chi connectivity index (χ1) is 11.1. The van der Waals surface area contributed by atoms with E-state index in [2.05, 4.69) is 38.4 Å². The second kappa shape index (κ2) is 10.5. The molecule has 0 aliphatic heterocycles. The third-order valence-electron chi connectivity index (χ3n) is 2.49. The van der Waals surface area contributed by atoms with Crippen LogP contribution < -0.4 is 15.5 Å². The second-order valence-electron chi connectivity index (χ2n) is 4.24. The van der Waals surface area contributed by atoms with Crippen LogP contribution in [0.5, 0.6) is 5.75 Å². The van der Waals surface area contributed by atoms with Crippen LogP contribution in [0.2, 0.25) is 0 Å². The van der Waals surface area contributed by atoms with Gasteiger partial charge in [0.15, 0.2) is 0 Å². The van der Waals surface area contributed by atoms with E-state index in [9.17, 15) is 9.59 Å². The van der Waals surface area contributed by atoms with E-state index in [4.69, 9.17) is 9.47 Å². The summed E-state index contributed by atoms with van der Waals surface area (Å²) in [5.41, 5.74) is 2.87. The Morgan fingerprint density at radius 1 is 1.39 bits per heavy atom. The van der Waals surface area contributed by atoms with Crippen LogP contribution >= 0.6 is 15.9 Å². The molecule has 2 N–H and O–H groups in total. The Kier molecular flexibility index (Phi) is 8.63. The molecule has 8 heteroatoms. The predicted molar refractivity (Wildman–Crippen MR) is 90.5 cm³/mol. The average molecular weight is 384 g/mol. The molecular formula is C15H18BrN3O4. The molecule has 0 spiro atoms. The number of halogens is 1. The largest absolute Gasteiger partial charge is 0.488 e. The highest BCUT2D eigenvalue weighted by Crippen LogP contribution is 2.25. The number of hydrogen-bond acceptors (Lipinski definition) is 5. The van der Waals surface area contributed by atoms with Gasteiger partial charge in [-0.05, 0) is 39.7 Å². The minimum Gasteiger partial charge on any atom is -0.488 e. The first-order valence-electron chi connectivity index (χ1n) is 6.72. The molecule has 7 nitrogen and oxygen atoms in total. The van der Waals surface area contributed by atoms with Crippen LogP contribution in [0.15, 0.2) is 40.4 Å². The fourth-order valence-corrected chi connectivity index (χ4v) is 1.94. The molecule has 1 aromatic carbocycles. The minimum absolute atomic E-state index is 0.256. The van der Waals surface area contributed by atoms with E-state index in [0.29, 0.717) is 19.0 Å². The van der Waals surface area contributed by atoms with Crippen molar-refractivity contribution in [1.82, 2.24) is 10.7 Å². The summed E-state index contributed by atoms with van der Waals surface area (Å²) >= 11 is 3.37.